The van der Waals surface area contributed by atoms with Gasteiger partial charge in [-0.3, -0.25) is 0 Å². The van der Waals surface area contributed by atoms with E-state index in [2.05, 4.69) is 169 Å². The van der Waals surface area contributed by atoms with Crippen molar-refractivity contribution in [1.29, 1.82) is 0 Å². The van der Waals surface area contributed by atoms with Crippen molar-refractivity contribution in [2.45, 2.75) is 0 Å². The number of rotatable bonds is 5. The van der Waals surface area contributed by atoms with E-state index in [0.29, 0.717) is 0 Å². The van der Waals surface area contributed by atoms with E-state index in [1.807, 2.05) is 0 Å². The molecular formula is C40H27NO. The Bertz CT molecular complexity index is 2160. The molecule has 0 bridgehead atoms. The summed E-state index contributed by atoms with van der Waals surface area (Å²) < 4.78 is 6.61. The molecule has 0 amide bonds. The SMILES string of the molecule is c1ccc(-c2ccc(-c3ccc(N(c4ccccc4)c4cccc5c4oc4ccc6ccccc6c45)cc3)cc2)cc1. The van der Waals surface area contributed by atoms with Gasteiger partial charge in [0.1, 0.15) is 5.58 Å². The van der Waals surface area contributed by atoms with Crippen LogP contribution < -0.4 is 4.90 Å². The van der Waals surface area contributed by atoms with Crippen molar-refractivity contribution in [3.05, 3.63) is 164 Å². The van der Waals surface area contributed by atoms with Gasteiger partial charge >= 0.3 is 0 Å². The summed E-state index contributed by atoms with van der Waals surface area (Å²) in [5, 5.41) is 4.70. The number of fused-ring (bicyclic) bond motifs is 5. The molecule has 1 heterocycles. The molecule has 0 aliphatic rings. The first kappa shape index (κ1) is 24.2. The van der Waals surface area contributed by atoms with Crippen molar-refractivity contribution in [2.24, 2.45) is 0 Å². The summed E-state index contributed by atoms with van der Waals surface area (Å²) in [5.74, 6) is 0. The quantitative estimate of drug-likeness (QED) is 0.217. The molecule has 0 radical (unpaired) electrons. The molecule has 0 aliphatic carbocycles. The molecule has 8 rings (SSSR count). The Hall–Kier alpha value is -5.60. The van der Waals surface area contributed by atoms with Gasteiger partial charge in [-0.25, -0.2) is 0 Å². The number of nitrogens with zero attached hydrogens (tertiary/aromatic N) is 1. The molecule has 0 saturated carbocycles. The third kappa shape index (κ3) is 4.13. The van der Waals surface area contributed by atoms with E-state index in [1.54, 1.807) is 0 Å². The summed E-state index contributed by atoms with van der Waals surface area (Å²) in [6.45, 7) is 0. The zero-order valence-electron chi connectivity index (χ0n) is 22.9. The predicted octanol–water partition coefficient (Wildman–Crippen LogP) is 11.5. The highest BCUT2D eigenvalue weighted by atomic mass is 16.3. The predicted molar refractivity (Wildman–Crippen MR) is 177 cm³/mol. The number of hydrogen-bond donors (Lipinski definition) is 0. The zero-order valence-corrected chi connectivity index (χ0v) is 22.9. The van der Waals surface area contributed by atoms with E-state index in [0.717, 1.165) is 39.0 Å². The van der Waals surface area contributed by atoms with Crippen molar-refractivity contribution in [3.63, 3.8) is 0 Å². The van der Waals surface area contributed by atoms with Crippen molar-refractivity contribution in [2.75, 3.05) is 4.90 Å². The van der Waals surface area contributed by atoms with Crippen LogP contribution in [0.15, 0.2) is 168 Å². The molecule has 0 aliphatic heterocycles. The summed E-state index contributed by atoms with van der Waals surface area (Å²) in [4.78, 5) is 2.29. The average Bonchev–Trinajstić information content (AvgIpc) is 3.46. The maximum Gasteiger partial charge on any atom is 0.159 e. The molecule has 0 spiro atoms. The molecule has 0 N–H and O–H groups in total. The van der Waals surface area contributed by atoms with Crippen LogP contribution >= 0.6 is 0 Å². The second kappa shape index (κ2) is 10.1. The molecular weight excluding hydrogens is 510 g/mol. The summed E-state index contributed by atoms with van der Waals surface area (Å²) >= 11 is 0. The lowest BCUT2D eigenvalue weighted by Gasteiger charge is -2.25. The first-order valence-corrected chi connectivity index (χ1v) is 14.3. The molecule has 42 heavy (non-hydrogen) atoms. The summed E-state index contributed by atoms with van der Waals surface area (Å²) in [6.07, 6.45) is 0. The molecule has 7 aromatic carbocycles. The fraction of sp³-hybridized carbons (Fsp3) is 0. The third-order valence-electron chi connectivity index (χ3n) is 8.07. The first-order valence-electron chi connectivity index (χ1n) is 14.3. The van der Waals surface area contributed by atoms with Crippen LogP contribution in [0.3, 0.4) is 0 Å². The number of benzene rings is 7. The summed E-state index contributed by atoms with van der Waals surface area (Å²) in [7, 11) is 0. The fourth-order valence-electron chi connectivity index (χ4n) is 6.02. The van der Waals surface area contributed by atoms with Gasteiger partial charge in [0.05, 0.1) is 5.69 Å². The van der Waals surface area contributed by atoms with Crippen molar-refractivity contribution in [1.82, 2.24) is 0 Å². The molecule has 0 atom stereocenters. The van der Waals surface area contributed by atoms with E-state index < -0.39 is 0 Å². The van der Waals surface area contributed by atoms with Gasteiger partial charge in [0, 0.05) is 22.1 Å². The lowest BCUT2D eigenvalue weighted by molar-refractivity contribution is 0.669. The number of anilines is 3. The minimum Gasteiger partial charge on any atom is -0.454 e. The standard InChI is InChI=1S/C40H27NO/c1-3-10-28(11-4-1)29-18-20-30(21-19-29)31-22-25-34(26-23-31)41(33-13-5-2-6-14-33)37-17-9-16-36-39-35-15-8-7-12-32(35)24-27-38(39)42-40(36)37/h1-27H. The van der Waals surface area contributed by atoms with E-state index in [9.17, 15) is 0 Å². The summed E-state index contributed by atoms with van der Waals surface area (Å²) in [6, 6.07) is 57.8. The molecule has 198 valence electrons. The Kier molecular flexibility index (Phi) is 5.82. The van der Waals surface area contributed by atoms with Gasteiger partial charge in [-0.2, -0.15) is 0 Å². The van der Waals surface area contributed by atoms with Gasteiger partial charge in [-0.05, 0) is 69.4 Å². The second-order valence-electron chi connectivity index (χ2n) is 10.6. The van der Waals surface area contributed by atoms with Crippen LogP contribution in [0, 0.1) is 0 Å². The van der Waals surface area contributed by atoms with E-state index in [4.69, 9.17) is 4.42 Å². The number of para-hydroxylation sites is 2. The van der Waals surface area contributed by atoms with Crippen LogP contribution in [-0.4, -0.2) is 0 Å². The molecule has 8 aromatic rings. The molecule has 0 saturated heterocycles. The Morgan fingerprint density at radius 3 is 1.64 bits per heavy atom. The van der Waals surface area contributed by atoms with Gasteiger partial charge in [-0.15, -0.1) is 0 Å². The Morgan fingerprint density at radius 1 is 0.381 bits per heavy atom. The van der Waals surface area contributed by atoms with Crippen LogP contribution in [0.1, 0.15) is 0 Å². The van der Waals surface area contributed by atoms with Crippen LogP contribution in [0.5, 0.6) is 0 Å². The van der Waals surface area contributed by atoms with Crippen LogP contribution in [0.2, 0.25) is 0 Å². The highest BCUT2D eigenvalue weighted by molar-refractivity contribution is 6.20. The number of furan rings is 1. The topological polar surface area (TPSA) is 16.4 Å². The normalized spacial score (nSPS) is 11.3. The maximum absolute atomic E-state index is 6.61. The number of hydrogen-bond acceptors (Lipinski definition) is 2. The van der Waals surface area contributed by atoms with Gasteiger partial charge in [0.15, 0.2) is 5.58 Å². The van der Waals surface area contributed by atoms with E-state index in [1.165, 1.54) is 33.0 Å². The Labute approximate surface area is 244 Å². The minimum atomic E-state index is 0.883. The maximum atomic E-state index is 6.61. The van der Waals surface area contributed by atoms with Gasteiger partial charge in [0.25, 0.3) is 0 Å². The van der Waals surface area contributed by atoms with Gasteiger partial charge in [0.2, 0.25) is 0 Å². The van der Waals surface area contributed by atoms with Crippen LogP contribution in [0.25, 0.3) is 55.0 Å². The van der Waals surface area contributed by atoms with Crippen LogP contribution in [-0.2, 0) is 0 Å². The molecule has 2 nitrogen and oxygen atoms in total. The van der Waals surface area contributed by atoms with Gasteiger partial charge in [-0.1, -0.05) is 127 Å². The molecule has 0 fully saturated rings. The zero-order chi connectivity index (χ0) is 27.9. The first-order chi connectivity index (χ1) is 20.8. The van der Waals surface area contributed by atoms with Crippen molar-refractivity contribution < 1.29 is 4.42 Å². The lowest BCUT2D eigenvalue weighted by atomic mass is 10.00. The average molecular weight is 538 g/mol. The van der Waals surface area contributed by atoms with Crippen molar-refractivity contribution >= 4 is 49.8 Å². The van der Waals surface area contributed by atoms with Gasteiger partial charge < -0.3 is 9.32 Å². The molecule has 2 heteroatoms. The highest BCUT2D eigenvalue weighted by Gasteiger charge is 2.20. The van der Waals surface area contributed by atoms with Crippen molar-refractivity contribution in [3.8, 4) is 22.3 Å². The minimum absolute atomic E-state index is 0.883. The second-order valence-corrected chi connectivity index (χ2v) is 10.6. The summed E-state index contributed by atoms with van der Waals surface area (Å²) in [5.41, 5.74) is 9.77. The largest absolute Gasteiger partial charge is 0.454 e. The Morgan fingerprint density at radius 2 is 0.929 bits per heavy atom. The smallest absolute Gasteiger partial charge is 0.159 e. The highest BCUT2D eigenvalue weighted by Crippen LogP contribution is 2.43. The fourth-order valence-corrected chi connectivity index (χ4v) is 6.02. The Balaban J connectivity index is 1.23. The third-order valence-corrected chi connectivity index (χ3v) is 8.07. The van der Waals surface area contributed by atoms with E-state index >= 15 is 0 Å². The van der Waals surface area contributed by atoms with E-state index in [-0.39, 0.29) is 0 Å². The molecule has 1 aromatic heterocycles. The monoisotopic (exact) mass is 537 g/mol. The lowest BCUT2D eigenvalue weighted by Crippen LogP contribution is -2.10. The van der Waals surface area contributed by atoms with Crippen LogP contribution in [0.4, 0.5) is 17.1 Å². The molecule has 0 unspecified atom stereocenters.